The summed E-state index contributed by atoms with van der Waals surface area (Å²) in [6.45, 7) is 6.34. The van der Waals surface area contributed by atoms with Gasteiger partial charge in [-0.3, -0.25) is 0 Å². The van der Waals surface area contributed by atoms with Gasteiger partial charge in [-0.1, -0.05) is 13.8 Å². The number of fused-ring (bicyclic) bond motifs is 1. The Kier molecular flexibility index (Phi) is 3.64. The molecule has 0 bridgehead atoms. The molecule has 2 aliphatic rings. The molecule has 3 rings (SSSR count). The number of aromatic carboxylic acids is 1. The van der Waals surface area contributed by atoms with Gasteiger partial charge >= 0.3 is 5.97 Å². The predicted octanol–water partition coefficient (Wildman–Crippen LogP) is 3.29. The van der Waals surface area contributed by atoms with Gasteiger partial charge in [0, 0.05) is 18.8 Å². The van der Waals surface area contributed by atoms with Crippen LogP contribution >= 0.6 is 0 Å². The molecule has 0 atom stereocenters. The number of carboxylic acid groups (broad SMARTS) is 1. The number of nitrogens with zero attached hydrogens (tertiary/aromatic N) is 2. The molecule has 4 nitrogen and oxygen atoms in total. The molecule has 0 aromatic carbocycles. The highest BCUT2D eigenvalue weighted by molar-refractivity contribution is 5.93. The lowest BCUT2D eigenvalue weighted by molar-refractivity contribution is 0.0697. The van der Waals surface area contributed by atoms with E-state index in [1.54, 1.807) is 0 Å². The standard InChI is InChI=1S/C17H24N2O2/c1-3-17(4-2)8-9-19(11-17)15-13(16(20)21)10-12-6-5-7-14(12)18-15/h10H,3-9,11H2,1-2H3,(H,20,21). The molecule has 0 amide bonds. The van der Waals surface area contributed by atoms with E-state index >= 15 is 0 Å². The van der Waals surface area contributed by atoms with Crippen LogP contribution in [0.25, 0.3) is 0 Å². The maximum atomic E-state index is 11.6. The van der Waals surface area contributed by atoms with Crippen LogP contribution < -0.4 is 4.90 Å². The number of hydrogen-bond acceptors (Lipinski definition) is 3. The van der Waals surface area contributed by atoms with Crippen LogP contribution in [0.3, 0.4) is 0 Å². The zero-order valence-corrected chi connectivity index (χ0v) is 13.0. The Hall–Kier alpha value is -1.58. The molecule has 1 N–H and O–H groups in total. The predicted molar refractivity (Wildman–Crippen MR) is 83.1 cm³/mol. The normalized spacial score (nSPS) is 19.8. The third-order valence-electron chi connectivity index (χ3n) is 5.50. The average molecular weight is 288 g/mol. The quantitative estimate of drug-likeness (QED) is 0.923. The average Bonchev–Trinajstić information content (AvgIpc) is 3.12. The van der Waals surface area contributed by atoms with Crippen molar-refractivity contribution in [3.8, 4) is 0 Å². The monoisotopic (exact) mass is 288 g/mol. The molecular weight excluding hydrogens is 264 g/mol. The van der Waals surface area contributed by atoms with Gasteiger partial charge in [-0.25, -0.2) is 9.78 Å². The van der Waals surface area contributed by atoms with E-state index in [2.05, 4.69) is 18.7 Å². The van der Waals surface area contributed by atoms with Crippen molar-refractivity contribution in [1.82, 2.24) is 4.98 Å². The molecule has 1 aromatic rings. The Morgan fingerprint density at radius 1 is 1.38 bits per heavy atom. The lowest BCUT2D eigenvalue weighted by Crippen LogP contribution is -2.28. The van der Waals surface area contributed by atoms with Gasteiger partial charge in [-0.15, -0.1) is 0 Å². The first-order valence-electron chi connectivity index (χ1n) is 8.09. The zero-order chi connectivity index (χ0) is 15.0. The fourth-order valence-corrected chi connectivity index (χ4v) is 3.80. The van der Waals surface area contributed by atoms with Crippen molar-refractivity contribution >= 4 is 11.8 Å². The highest BCUT2D eigenvalue weighted by Crippen LogP contribution is 2.40. The number of carbonyl (C=O) groups is 1. The van der Waals surface area contributed by atoms with Crippen LogP contribution in [-0.4, -0.2) is 29.1 Å². The van der Waals surface area contributed by atoms with Gasteiger partial charge in [-0.05, 0) is 55.6 Å². The minimum Gasteiger partial charge on any atom is -0.478 e. The van der Waals surface area contributed by atoms with Gasteiger partial charge in [0.15, 0.2) is 0 Å². The number of aryl methyl sites for hydroxylation is 2. The molecule has 0 saturated carbocycles. The minimum absolute atomic E-state index is 0.330. The summed E-state index contributed by atoms with van der Waals surface area (Å²) in [5, 5.41) is 9.54. The first-order chi connectivity index (χ1) is 10.1. The molecule has 1 aliphatic heterocycles. The summed E-state index contributed by atoms with van der Waals surface area (Å²) < 4.78 is 0. The van der Waals surface area contributed by atoms with Crippen molar-refractivity contribution in [2.75, 3.05) is 18.0 Å². The molecule has 1 fully saturated rings. The SMILES string of the molecule is CCC1(CC)CCN(c2nc3c(cc2C(=O)O)CCC3)C1. The number of aromatic nitrogens is 1. The Balaban J connectivity index is 1.97. The second-order valence-electron chi connectivity index (χ2n) is 6.50. The fraction of sp³-hybridized carbons (Fsp3) is 0.647. The number of anilines is 1. The van der Waals surface area contributed by atoms with Crippen molar-refractivity contribution in [2.24, 2.45) is 5.41 Å². The zero-order valence-electron chi connectivity index (χ0n) is 13.0. The number of rotatable bonds is 4. The van der Waals surface area contributed by atoms with E-state index < -0.39 is 5.97 Å². The summed E-state index contributed by atoms with van der Waals surface area (Å²) in [6, 6.07) is 1.87. The Morgan fingerprint density at radius 2 is 2.14 bits per heavy atom. The van der Waals surface area contributed by atoms with Crippen molar-refractivity contribution < 1.29 is 9.90 Å². The maximum absolute atomic E-state index is 11.6. The van der Waals surface area contributed by atoms with Crippen LogP contribution in [-0.2, 0) is 12.8 Å². The van der Waals surface area contributed by atoms with Crippen molar-refractivity contribution in [2.45, 2.75) is 52.4 Å². The molecule has 2 heterocycles. The van der Waals surface area contributed by atoms with E-state index in [0.29, 0.717) is 16.8 Å². The van der Waals surface area contributed by atoms with Gasteiger partial charge < -0.3 is 10.0 Å². The van der Waals surface area contributed by atoms with Gasteiger partial charge in [0.25, 0.3) is 0 Å². The molecule has 1 saturated heterocycles. The van der Waals surface area contributed by atoms with E-state index in [4.69, 9.17) is 4.98 Å². The second-order valence-corrected chi connectivity index (χ2v) is 6.50. The molecular formula is C17H24N2O2. The molecule has 1 aromatic heterocycles. The van der Waals surface area contributed by atoms with Crippen LogP contribution in [0, 0.1) is 5.41 Å². The smallest absolute Gasteiger partial charge is 0.339 e. The molecule has 0 spiro atoms. The minimum atomic E-state index is -0.849. The Bertz CT molecular complexity index is 564. The lowest BCUT2D eigenvalue weighted by atomic mass is 9.82. The first-order valence-corrected chi connectivity index (χ1v) is 8.09. The highest BCUT2D eigenvalue weighted by atomic mass is 16.4. The third-order valence-corrected chi connectivity index (χ3v) is 5.50. The molecule has 4 heteroatoms. The van der Waals surface area contributed by atoms with Crippen LogP contribution in [0.15, 0.2) is 6.07 Å². The number of carboxylic acids is 1. The number of hydrogen-bond donors (Lipinski definition) is 1. The summed E-state index contributed by atoms with van der Waals surface area (Å²) in [5.41, 5.74) is 2.96. The molecule has 114 valence electrons. The lowest BCUT2D eigenvalue weighted by Gasteiger charge is -2.27. The summed E-state index contributed by atoms with van der Waals surface area (Å²) in [5.74, 6) is -0.148. The van der Waals surface area contributed by atoms with Gasteiger partial charge in [0.2, 0.25) is 0 Å². The largest absolute Gasteiger partial charge is 0.478 e. The van der Waals surface area contributed by atoms with Gasteiger partial charge in [0.05, 0.1) is 0 Å². The van der Waals surface area contributed by atoms with Crippen LogP contribution in [0.4, 0.5) is 5.82 Å². The van der Waals surface area contributed by atoms with E-state index in [0.717, 1.165) is 62.9 Å². The third kappa shape index (κ3) is 2.41. The second kappa shape index (κ2) is 5.32. The van der Waals surface area contributed by atoms with Crippen molar-refractivity contribution in [3.63, 3.8) is 0 Å². The van der Waals surface area contributed by atoms with E-state index in [9.17, 15) is 9.90 Å². The summed E-state index contributed by atoms with van der Waals surface area (Å²) in [7, 11) is 0. The number of pyridine rings is 1. The van der Waals surface area contributed by atoms with E-state index in [1.807, 2.05) is 6.07 Å². The Labute approximate surface area is 126 Å². The van der Waals surface area contributed by atoms with Crippen molar-refractivity contribution in [1.29, 1.82) is 0 Å². The Morgan fingerprint density at radius 3 is 2.76 bits per heavy atom. The van der Waals surface area contributed by atoms with Gasteiger partial charge in [-0.2, -0.15) is 0 Å². The van der Waals surface area contributed by atoms with Crippen molar-refractivity contribution in [3.05, 3.63) is 22.9 Å². The van der Waals surface area contributed by atoms with Gasteiger partial charge in [0.1, 0.15) is 11.4 Å². The fourth-order valence-electron chi connectivity index (χ4n) is 3.80. The molecule has 21 heavy (non-hydrogen) atoms. The maximum Gasteiger partial charge on any atom is 0.339 e. The molecule has 1 aliphatic carbocycles. The topological polar surface area (TPSA) is 53.4 Å². The summed E-state index contributed by atoms with van der Waals surface area (Å²) in [4.78, 5) is 18.6. The van der Waals surface area contributed by atoms with Crippen LogP contribution in [0.5, 0.6) is 0 Å². The molecule has 0 unspecified atom stereocenters. The van der Waals surface area contributed by atoms with E-state index in [-0.39, 0.29) is 0 Å². The molecule has 0 radical (unpaired) electrons. The highest BCUT2D eigenvalue weighted by Gasteiger charge is 2.37. The summed E-state index contributed by atoms with van der Waals surface area (Å²) in [6.07, 6.45) is 6.48. The van der Waals surface area contributed by atoms with E-state index in [1.165, 1.54) is 0 Å². The van der Waals surface area contributed by atoms with Crippen LogP contribution in [0.2, 0.25) is 0 Å². The first kappa shape index (κ1) is 14.4. The summed E-state index contributed by atoms with van der Waals surface area (Å²) >= 11 is 0. The van der Waals surface area contributed by atoms with Crippen LogP contribution in [0.1, 0.15) is 61.1 Å².